The summed E-state index contributed by atoms with van der Waals surface area (Å²) in [5.41, 5.74) is 7.09. The molecule has 0 radical (unpaired) electrons. The number of benzene rings is 2. The summed E-state index contributed by atoms with van der Waals surface area (Å²) >= 11 is 0. The van der Waals surface area contributed by atoms with Crippen LogP contribution in [0.1, 0.15) is 49.8 Å². The van der Waals surface area contributed by atoms with Crippen LogP contribution in [0.3, 0.4) is 0 Å². The molecule has 2 aliphatic rings. The Labute approximate surface area is 419 Å². The lowest BCUT2D eigenvalue weighted by atomic mass is 9.99. The van der Waals surface area contributed by atoms with E-state index in [9.17, 15) is 54.5 Å². The first-order valence-electron chi connectivity index (χ1n) is 23.3. The maximum atomic E-state index is 13.7. The summed E-state index contributed by atoms with van der Waals surface area (Å²) in [6, 6.07) is 12.7. The fourth-order valence-electron chi connectivity index (χ4n) is 7.60. The number of carboxylic acids is 1. The number of nitrogens with two attached hydrogens (primary N) is 1. The minimum Gasteiger partial charge on any atom is -0.497 e. The van der Waals surface area contributed by atoms with Crippen molar-refractivity contribution in [2.24, 2.45) is 5.92 Å². The molecule has 25 nitrogen and oxygen atoms in total. The Balaban J connectivity index is 1.23. The third-order valence-corrected chi connectivity index (χ3v) is 11.4. The zero-order valence-electron chi connectivity index (χ0n) is 40.8. The molecule has 0 aliphatic carbocycles. The second-order valence-electron chi connectivity index (χ2n) is 16.6. The van der Waals surface area contributed by atoms with E-state index in [-0.39, 0.29) is 144 Å². The normalized spacial score (nSPS) is 19.5. The van der Waals surface area contributed by atoms with Gasteiger partial charge >= 0.3 is 17.8 Å². The molecule has 3 aromatic rings. The molecule has 9 N–H and O–H groups in total. The maximum absolute atomic E-state index is 13.7. The van der Waals surface area contributed by atoms with Gasteiger partial charge in [0.1, 0.15) is 48.2 Å². The number of rotatable bonds is 28. The average Bonchev–Trinajstić information content (AvgIpc) is 3.60. The average molecular weight is 1030 g/mol. The van der Waals surface area contributed by atoms with E-state index in [0.29, 0.717) is 22.6 Å². The van der Waals surface area contributed by atoms with Crippen LogP contribution in [-0.4, -0.2) is 165 Å². The zero-order chi connectivity index (χ0) is 53.2. The number of aliphatic hydroxyl groups excluding tert-OH is 3. The van der Waals surface area contributed by atoms with Crippen LogP contribution in [-0.2, 0) is 60.7 Å². The Morgan fingerprint density at radius 1 is 0.863 bits per heavy atom. The molecule has 1 aromatic heterocycles. The summed E-state index contributed by atoms with van der Waals surface area (Å²) in [4.78, 5) is 76.6. The maximum Gasteiger partial charge on any atom is 0.335 e. The van der Waals surface area contributed by atoms with Gasteiger partial charge in [0.25, 0.3) is 5.82 Å². The monoisotopic (exact) mass is 1020 g/mol. The number of nitrogens with zero attached hydrogens (tertiary/aromatic N) is 3. The van der Waals surface area contributed by atoms with Crippen molar-refractivity contribution in [2.75, 3.05) is 89.9 Å². The number of methoxy groups -OCH3 is 2. The van der Waals surface area contributed by atoms with Gasteiger partial charge in [0.15, 0.2) is 11.7 Å². The number of aliphatic carboxylic acids is 1. The van der Waals surface area contributed by atoms with Crippen LogP contribution in [0.15, 0.2) is 42.5 Å². The second-order valence-corrected chi connectivity index (χ2v) is 16.6. The summed E-state index contributed by atoms with van der Waals surface area (Å²) in [6.07, 6.45) is -10.1. The fourth-order valence-corrected chi connectivity index (χ4v) is 7.60. The Kier molecular flexibility index (Phi) is 21.4. The van der Waals surface area contributed by atoms with Crippen molar-refractivity contribution in [3.63, 3.8) is 0 Å². The third kappa shape index (κ3) is 15.7. The SMILES string of the molecule is CCOc1c(C#N)c(N)cc(NC(=O)Cc2cc(OC)ccc2OC)[n+]1Cc1ccc(O[C@@H]2O[C@H](C(=O)O)[C@@H](O)[C@H](O)[C@H]2O)c(NC(=O)CCNC(=O)CCOCCOCCOCCN2C(=O)CC(C)C2=O)c1. The highest BCUT2D eigenvalue weighted by Gasteiger charge is 2.48. The number of pyridine rings is 1. The smallest absolute Gasteiger partial charge is 0.335 e. The molecule has 2 saturated heterocycles. The number of nitrogens with one attached hydrogen (secondary N) is 3. The fraction of sp³-hybridized carbons (Fsp3) is 0.500. The van der Waals surface area contributed by atoms with Crippen LogP contribution in [0.2, 0.25) is 0 Å². The molecule has 2 aliphatic heterocycles. The van der Waals surface area contributed by atoms with Gasteiger partial charge in [0, 0.05) is 37.3 Å². The highest BCUT2D eigenvalue weighted by Crippen LogP contribution is 2.33. The van der Waals surface area contributed by atoms with Crippen LogP contribution in [0.5, 0.6) is 23.1 Å². The van der Waals surface area contributed by atoms with E-state index in [2.05, 4.69) is 16.0 Å². The lowest BCUT2D eigenvalue weighted by Crippen LogP contribution is -2.61. The summed E-state index contributed by atoms with van der Waals surface area (Å²) in [7, 11) is 2.94. The molecule has 6 atom stereocenters. The van der Waals surface area contributed by atoms with Crippen molar-refractivity contribution < 1.29 is 91.7 Å². The summed E-state index contributed by atoms with van der Waals surface area (Å²) in [6.45, 7) is 4.55. The van der Waals surface area contributed by atoms with Crippen LogP contribution in [0.25, 0.3) is 0 Å². The molecule has 0 spiro atoms. The van der Waals surface area contributed by atoms with E-state index in [0.717, 1.165) is 0 Å². The van der Waals surface area contributed by atoms with Gasteiger partial charge in [-0.05, 0) is 42.8 Å². The van der Waals surface area contributed by atoms with Gasteiger partial charge < -0.3 is 74.7 Å². The number of aliphatic hydroxyl groups is 3. The highest BCUT2D eigenvalue weighted by molar-refractivity contribution is 6.03. The van der Waals surface area contributed by atoms with E-state index < -0.39 is 54.4 Å². The number of anilines is 3. The Bertz CT molecular complexity index is 2490. The predicted octanol–water partition coefficient (Wildman–Crippen LogP) is -0.376. The molecular formula is C48H62N7O18+. The predicted molar refractivity (Wildman–Crippen MR) is 253 cm³/mol. The molecule has 73 heavy (non-hydrogen) atoms. The van der Waals surface area contributed by atoms with Crippen LogP contribution < -0.4 is 45.2 Å². The number of imide groups is 1. The number of carboxylic acid groups (broad SMARTS) is 1. The highest BCUT2D eigenvalue weighted by atomic mass is 16.7. The molecule has 3 heterocycles. The number of carbonyl (C=O) groups is 6. The molecule has 396 valence electrons. The van der Waals surface area contributed by atoms with Crippen LogP contribution >= 0.6 is 0 Å². The minimum absolute atomic E-state index is 0.00429. The molecule has 25 heteroatoms. The Morgan fingerprint density at radius 2 is 1.56 bits per heavy atom. The number of likely N-dealkylation sites (tertiary alicyclic amines) is 1. The molecule has 0 saturated carbocycles. The summed E-state index contributed by atoms with van der Waals surface area (Å²) in [5, 5.41) is 59.3. The largest absolute Gasteiger partial charge is 0.497 e. The number of hydrogen-bond donors (Lipinski definition) is 8. The Hall–Kier alpha value is -7.18. The Morgan fingerprint density at radius 3 is 2.21 bits per heavy atom. The molecular weight excluding hydrogens is 963 g/mol. The van der Waals surface area contributed by atoms with E-state index in [1.54, 1.807) is 32.0 Å². The van der Waals surface area contributed by atoms with E-state index in [1.165, 1.54) is 48.0 Å². The van der Waals surface area contributed by atoms with Gasteiger partial charge in [0.2, 0.25) is 29.9 Å². The van der Waals surface area contributed by atoms with Crippen molar-refractivity contribution >= 4 is 52.7 Å². The number of hydrogen-bond acceptors (Lipinski definition) is 19. The minimum atomic E-state index is -2.01. The zero-order valence-corrected chi connectivity index (χ0v) is 40.8. The lowest BCUT2D eigenvalue weighted by Gasteiger charge is -2.38. The molecule has 2 fully saturated rings. The van der Waals surface area contributed by atoms with Crippen LogP contribution in [0.4, 0.5) is 17.2 Å². The molecule has 1 unspecified atom stereocenters. The summed E-state index contributed by atoms with van der Waals surface area (Å²) in [5.74, 6) is -3.09. The lowest BCUT2D eigenvalue weighted by molar-refractivity contribution is -0.679. The molecule has 0 bridgehead atoms. The molecule has 2 aromatic carbocycles. The van der Waals surface area contributed by atoms with Gasteiger partial charge in [-0.3, -0.25) is 24.1 Å². The number of aromatic nitrogens is 1. The van der Waals surface area contributed by atoms with Crippen molar-refractivity contribution in [1.29, 1.82) is 5.26 Å². The molecule has 5 amide bonds. The third-order valence-electron chi connectivity index (χ3n) is 11.4. The van der Waals surface area contributed by atoms with Gasteiger partial charge in [-0.25, -0.2) is 14.9 Å². The first-order valence-corrected chi connectivity index (χ1v) is 23.3. The topological polar surface area (TPSA) is 350 Å². The van der Waals surface area contributed by atoms with E-state index in [4.69, 9.17) is 43.6 Å². The standard InChI is InChI=1S/C48H61N7O18/c1-5-71-46-31(25-49)32(50)24-36(53-39(58)23-29-22-30(66-3)7-9-34(29)67-4)55(46)26-28-6-8-35(72-48-43(62)41(60)42(61)44(73-48)47(64)65)33(21-28)52-38(57)10-12-51-37(56)11-14-68-16-18-70-19-17-69-15-13-54-40(59)20-27(2)45(54)63/h6-9,21-22,24,27,41-44,48,60-62H,5,10-20,23,26H2,1-4H3,(H5,50,51,52,53,56,57,58,64,65)/p+1/t27?,41-,42-,43+,44-,48+/m0/s1. The van der Waals surface area contributed by atoms with E-state index >= 15 is 0 Å². The van der Waals surface area contributed by atoms with Crippen molar-refractivity contribution in [2.45, 2.75) is 76.8 Å². The summed E-state index contributed by atoms with van der Waals surface area (Å²) < 4.78 is 45.7. The van der Waals surface area contributed by atoms with E-state index in [1.807, 2.05) is 6.07 Å². The van der Waals surface area contributed by atoms with Crippen molar-refractivity contribution in [1.82, 2.24) is 10.2 Å². The number of amides is 5. The van der Waals surface area contributed by atoms with Gasteiger partial charge in [-0.1, -0.05) is 13.0 Å². The van der Waals surface area contributed by atoms with Gasteiger partial charge in [-0.15, -0.1) is 0 Å². The molecule has 5 rings (SSSR count). The number of carbonyl (C=O) groups excluding carboxylic acids is 5. The quantitative estimate of drug-likeness (QED) is 0.0261. The van der Waals surface area contributed by atoms with Gasteiger partial charge in [-0.2, -0.15) is 9.83 Å². The number of nitrogen functional groups attached to an aromatic ring is 1. The first-order chi connectivity index (χ1) is 35.0. The van der Waals surface area contributed by atoms with Gasteiger partial charge in [0.05, 0.1) is 90.9 Å². The second kappa shape index (κ2) is 27.6. The first kappa shape index (κ1) is 56.7. The van der Waals surface area contributed by atoms with Crippen molar-refractivity contribution in [3.05, 3.63) is 59.2 Å². The number of nitriles is 1. The number of ether oxygens (including phenoxy) is 8. The van der Waals surface area contributed by atoms with Crippen molar-refractivity contribution in [3.8, 4) is 29.2 Å². The van der Waals surface area contributed by atoms with Crippen LogP contribution in [0, 0.1) is 17.2 Å².